The summed E-state index contributed by atoms with van der Waals surface area (Å²) in [5.41, 5.74) is 7.12. The minimum atomic E-state index is -0.174. The van der Waals surface area contributed by atoms with Gasteiger partial charge in [0.1, 0.15) is 0 Å². The molecule has 1 atom stereocenters. The van der Waals surface area contributed by atoms with E-state index in [4.69, 9.17) is 5.73 Å². The van der Waals surface area contributed by atoms with Gasteiger partial charge in [-0.2, -0.15) is 10.1 Å². The molecule has 0 aliphatic carbocycles. The van der Waals surface area contributed by atoms with Crippen LogP contribution in [0.5, 0.6) is 0 Å². The minimum absolute atomic E-state index is 0.000139. The van der Waals surface area contributed by atoms with E-state index in [9.17, 15) is 4.79 Å². The van der Waals surface area contributed by atoms with Crippen LogP contribution < -0.4 is 10.7 Å². The predicted octanol–water partition coefficient (Wildman–Crippen LogP) is 2.14. The maximum Gasteiger partial charge on any atom is 0.256 e. The summed E-state index contributed by atoms with van der Waals surface area (Å²) in [6, 6.07) is 7.55. The maximum atomic E-state index is 12.2. The van der Waals surface area contributed by atoms with Crippen LogP contribution in [0, 0.1) is 5.92 Å². The van der Waals surface area contributed by atoms with E-state index in [1.165, 1.54) is 5.01 Å². The lowest BCUT2D eigenvalue weighted by Crippen LogP contribution is -2.28. The van der Waals surface area contributed by atoms with E-state index in [0.29, 0.717) is 13.0 Å². The lowest BCUT2D eigenvalue weighted by atomic mass is 10.0. The minimum Gasteiger partial charge on any atom is -0.330 e. The Morgan fingerprint density at radius 3 is 2.82 bits per heavy atom. The zero-order valence-corrected chi connectivity index (χ0v) is 11.1. The van der Waals surface area contributed by atoms with E-state index in [2.05, 4.69) is 21.0 Å². The zero-order chi connectivity index (χ0) is 12.4. The van der Waals surface area contributed by atoms with Crippen LogP contribution in [0.15, 0.2) is 33.8 Å². The molecular formula is C12H14BrN3O. The fraction of sp³-hybridized carbons (Fsp3) is 0.333. The molecule has 0 aromatic heterocycles. The van der Waals surface area contributed by atoms with Crippen LogP contribution >= 0.6 is 15.9 Å². The van der Waals surface area contributed by atoms with E-state index in [1.54, 1.807) is 0 Å². The Hall–Kier alpha value is -1.20. The Morgan fingerprint density at radius 1 is 1.47 bits per heavy atom. The highest BCUT2D eigenvalue weighted by atomic mass is 79.9. The van der Waals surface area contributed by atoms with Crippen LogP contribution in [0.3, 0.4) is 0 Å². The van der Waals surface area contributed by atoms with Gasteiger partial charge in [0.15, 0.2) is 0 Å². The van der Waals surface area contributed by atoms with Gasteiger partial charge in [0.25, 0.3) is 5.91 Å². The van der Waals surface area contributed by atoms with E-state index in [-0.39, 0.29) is 11.8 Å². The SMILES string of the molecule is CC1=NN(c2ccccc2Br)C(=O)C1CCN. The number of nitrogens with two attached hydrogens (primary N) is 1. The van der Waals surface area contributed by atoms with Crippen molar-refractivity contribution in [1.29, 1.82) is 0 Å². The van der Waals surface area contributed by atoms with Gasteiger partial charge >= 0.3 is 0 Å². The van der Waals surface area contributed by atoms with E-state index >= 15 is 0 Å². The lowest BCUT2D eigenvalue weighted by molar-refractivity contribution is -0.119. The normalized spacial score (nSPS) is 19.7. The van der Waals surface area contributed by atoms with Crippen molar-refractivity contribution >= 4 is 33.2 Å². The number of rotatable bonds is 3. The van der Waals surface area contributed by atoms with Crippen LogP contribution in [0.1, 0.15) is 13.3 Å². The number of nitrogens with zero attached hydrogens (tertiary/aromatic N) is 2. The second-order valence-corrected chi connectivity index (χ2v) is 4.83. The Balaban J connectivity index is 2.31. The Labute approximate surface area is 109 Å². The van der Waals surface area contributed by atoms with Gasteiger partial charge in [-0.3, -0.25) is 4.79 Å². The third-order valence-electron chi connectivity index (χ3n) is 2.80. The van der Waals surface area contributed by atoms with Crippen molar-refractivity contribution in [2.45, 2.75) is 13.3 Å². The summed E-state index contributed by atoms with van der Waals surface area (Å²) in [7, 11) is 0. The topological polar surface area (TPSA) is 58.7 Å². The molecular weight excluding hydrogens is 282 g/mol. The van der Waals surface area contributed by atoms with Crippen LogP contribution in [0.4, 0.5) is 5.69 Å². The molecule has 5 heteroatoms. The molecule has 0 bridgehead atoms. The van der Waals surface area contributed by atoms with Gasteiger partial charge in [-0.15, -0.1) is 0 Å². The van der Waals surface area contributed by atoms with Crippen LogP contribution in [-0.4, -0.2) is 18.2 Å². The first-order valence-corrected chi connectivity index (χ1v) is 6.28. The van der Waals surface area contributed by atoms with Crippen molar-refractivity contribution in [3.8, 4) is 0 Å². The molecule has 0 saturated carbocycles. The molecule has 1 unspecified atom stereocenters. The first-order chi connectivity index (χ1) is 8.15. The molecule has 0 spiro atoms. The largest absolute Gasteiger partial charge is 0.330 e. The zero-order valence-electron chi connectivity index (χ0n) is 9.56. The third kappa shape index (κ3) is 2.25. The Bertz CT molecular complexity index is 473. The van der Waals surface area contributed by atoms with Gasteiger partial charge in [0.05, 0.1) is 11.6 Å². The van der Waals surface area contributed by atoms with Crippen LogP contribution in [-0.2, 0) is 4.79 Å². The first kappa shape index (κ1) is 12.3. The molecule has 0 fully saturated rings. The van der Waals surface area contributed by atoms with Gasteiger partial charge in [0.2, 0.25) is 0 Å². The average molecular weight is 296 g/mol. The van der Waals surface area contributed by atoms with Crippen molar-refractivity contribution in [2.24, 2.45) is 16.8 Å². The molecule has 2 N–H and O–H groups in total. The summed E-state index contributed by atoms with van der Waals surface area (Å²) in [5, 5.41) is 5.77. The molecule has 0 saturated heterocycles. The number of carbonyl (C=O) groups is 1. The maximum absolute atomic E-state index is 12.2. The van der Waals surface area contributed by atoms with Crippen molar-refractivity contribution in [3.63, 3.8) is 0 Å². The molecule has 1 aliphatic heterocycles. The number of hydrogen-bond donors (Lipinski definition) is 1. The highest BCUT2D eigenvalue weighted by molar-refractivity contribution is 9.10. The quantitative estimate of drug-likeness (QED) is 0.929. The second-order valence-electron chi connectivity index (χ2n) is 3.97. The smallest absolute Gasteiger partial charge is 0.256 e. The standard InChI is InChI=1S/C12H14BrN3O/c1-8-9(6-7-14)12(17)16(15-8)11-5-3-2-4-10(11)13/h2-5,9H,6-7,14H2,1H3. The summed E-state index contributed by atoms with van der Waals surface area (Å²) in [6.45, 7) is 2.36. The summed E-state index contributed by atoms with van der Waals surface area (Å²) in [6.07, 6.45) is 0.648. The summed E-state index contributed by atoms with van der Waals surface area (Å²) in [4.78, 5) is 12.2. The third-order valence-corrected chi connectivity index (χ3v) is 3.48. The molecule has 1 aromatic carbocycles. The van der Waals surface area contributed by atoms with Crippen LogP contribution in [0.25, 0.3) is 0 Å². The first-order valence-electron chi connectivity index (χ1n) is 5.49. The number of halogens is 1. The fourth-order valence-electron chi connectivity index (χ4n) is 1.90. The van der Waals surface area contributed by atoms with Crippen molar-refractivity contribution in [3.05, 3.63) is 28.7 Å². The lowest BCUT2D eigenvalue weighted by Gasteiger charge is -2.15. The van der Waals surface area contributed by atoms with E-state index < -0.39 is 0 Å². The molecule has 1 amide bonds. The number of amides is 1. The highest BCUT2D eigenvalue weighted by Crippen LogP contribution is 2.31. The van der Waals surface area contributed by atoms with Crippen molar-refractivity contribution in [1.82, 2.24) is 0 Å². The number of anilines is 1. The monoisotopic (exact) mass is 295 g/mol. The molecule has 1 heterocycles. The number of hydrazone groups is 1. The molecule has 4 nitrogen and oxygen atoms in total. The number of hydrogen-bond acceptors (Lipinski definition) is 3. The summed E-state index contributed by atoms with van der Waals surface area (Å²) in [5.74, 6) is -0.174. The Morgan fingerprint density at radius 2 is 2.18 bits per heavy atom. The van der Waals surface area contributed by atoms with Gasteiger partial charge in [-0.05, 0) is 48.0 Å². The summed E-state index contributed by atoms with van der Waals surface area (Å²) >= 11 is 3.42. The van der Waals surface area contributed by atoms with E-state index in [0.717, 1.165) is 15.9 Å². The molecule has 1 aliphatic rings. The van der Waals surface area contributed by atoms with Gasteiger partial charge < -0.3 is 5.73 Å². The molecule has 1 aromatic rings. The summed E-state index contributed by atoms with van der Waals surface area (Å²) < 4.78 is 0.860. The number of carbonyl (C=O) groups excluding carboxylic acids is 1. The predicted molar refractivity (Wildman–Crippen MR) is 71.9 cm³/mol. The molecule has 0 radical (unpaired) electrons. The van der Waals surface area contributed by atoms with E-state index in [1.807, 2.05) is 31.2 Å². The van der Waals surface area contributed by atoms with Crippen LogP contribution in [0.2, 0.25) is 0 Å². The molecule has 90 valence electrons. The molecule has 17 heavy (non-hydrogen) atoms. The van der Waals surface area contributed by atoms with Gasteiger partial charge in [0, 0.05) is 10.2 Å². The average Bonchev–Trinajstić information content (AvgIpc) is 2.58. The Kier molecular flexibility index (Phi) is 3.59. The fourth-order valence-corrected chi connectivity index (χ4v) is 2.35. The van der Waals surface area contributed by atoms with Crippen molar-refractivity contribution in [2.75, 3.05) is 11.6 Å². The molecule has 2 rings (SSSR count). The van der Waals surface area contributed by atoms with Crippen molar-refractivity contribution < 1.29 is 4.79 Å². The van der Waals surface area contributed by atoms with Gasteiger partial charge in [-0.25, -0.2) is 0 Å². The second kappa shape index (κ2) is 4.98. The number of para-hydroxylation sites is 1. The highest BCUT2D eigenvalue weighted by Gasteiger charge is 2.34. The van der Waals surface area contributed by atoms with Gasteiger partial charge in [-0.1, -0.05) is 12.1 Å². The number of benzene rings is 1.